The Labute approximate surface area is 117 Å². The number of hydrogen-bond acceptors (Lipinski definition) is 2. The quantitative estimate of drug-likeness (QED) is 0.857. The summed E-state index contributed by atoms with van der Waals surface area (Å²) in [5.74, 6) is 0.664. The lowest BCUT2D eigenvalue weighted by atomic mass is 10.0. The molecule has 0 saturated carbocycles. The number of rotatable bonds is 4. The zero-order valence-electron chi connectivity index (χ0n) is 10.0. The molecule has 18 heavy (non-hydrogen) atoms. The van der Waals surface area contributed by atoms with E-state index in [1.165, 1.54) is 5.56 Å². The molecule has 0 amide bonds. The minimum absolute atomic E-state index is 0.192. The zero-order valence-corrected chi connectivity index (χ0v) is 11.5. The maximum atomic E-state index is 6.11. The highest BCUT2D eigenvalue weighted by atomic mass is 35.5. The van der Waals surface area contributed by atoms with E-state index in [9.17, 15) is 0 Å². The van der Waals surface area contributed by atoms with Crippen LogP contribution in [0.4, 0.5) is 5.82 Å². The van der Waals surface area contributed by atoms with Crippen LogP contribution in [-0.4, -0.2) is 4.98 Å². The highest BCUT2D eigenvalue weighted by Gasteiger charge is 2.11. The fourth-order valence-corrected chi connectivity index (χ4v) is 2.23. The van der Waals surface area contributed by atoms with Gasteiger partial charge in [0.1, 0.15) is 5.82 Å². The van der Waals surface area contributed by atoms with Crippen molar-refractivity contribution >= 4 is 29.0 Å². The largest absolute Gasteiger partial charge is 0.362 e. The van der Waals surface area contributed by atoms with E-state index in [2.05, 4.69) is 29.4 Å². The average molecular weight is 281 g/mol. The molecule has 0 aliphatic carbocycles. The summed E-state index contributed by atoms with van der Waals surface area (Å²) >= 11 is 11.9. The van der Waals surface area contributed by atoms with E-state index in [-0.39, 0.29) is 6.04 Å². The molecule has 2 aromatic rings. The van der Waals surface area contributed by atoms with Crippen molar-refractivity contribution in [2.75, 3.05) is 5.32 Å². The standard InChI is InChI=1S/C14H14Cl2N2/c1-2-13(10-6-4-3-5-7-10)18-14-12(16)8-11(15)9-17-14/h3-9,13H,2H2,1H3,(H,17,18). The fourth-order valence-electron chi connectivity index (χ4n) is 1.79. The third kappa shape index (κ3) is 3.15. The highest BCUT2D eigenvalue weighted by molar-refractivity contribution is 6.35. The van der Waals surface area contributed by atoms with Crippen LogP contribution < -0.4 is 5.32 Å². The normalized spacial score (nSPS) is 12.2. The smallest absolute Gasteiger partial charge is 0.145 e. The fraction of sp³-hybridized carbons (Fsp3) is 0.214. The molecule has 4 heteroatoms. The Morgan fingerprint density at radius 3 is 2.56 bits per heavy atom. The Balaban J connectivity index is 2.21. The number of nitrogens with one attached hydrogen (secondary N) is 1. The van der Waals surface area contributed by atoms with Crippen molar-refractivity contribution in [3.05, 3.63) is 58.2 Å². The average Bonchev–Trinajstić information content (AvgIpc) is 2.39. The summed E-state index contributed by atoms with van der Waals surface area (Å²) in [7, 11) is 0. The SMILES string of the molecule is CCC(Nc1ncc(Cl)cc1Cl)c1ccccc1. The summed E-state index contributed by atoms with van der Waals surface area (Å²) in [6, 6.07) is 12.1. The van der Waals surface area contributed by atoms with Crippen molar-refractivity contribution in [1.29, 1.82) is 0 Å². The zero-order chi connectivity index (χ0) is 13.0. The van der Waals surface area contributed by atoms with Gasteiger partial charge in [-0.2, -0.15) is 0 Å². The lowest BCUT2D eigenvalue weighted by molar-refractivity contribution is 0.745. The molecular formula is C14H14Cl2N2. The molecule has 0 aliphatic rings. The van der Waals surface area contributed by atoms with Crippen LogP contribution in [0, 0.1) is 0 Å². The number of aromatic nitrogens is 1. The lowest BCUT2D eigenvalue weighted by Gasteiger charge is -2.18. The summed E-state index contributed by atoms with van der Waals surface area (Å²) in [6.45, 7) is 2.12. The Bertz CT molecular complexity index is 514. The third-order valence-corrected chi connectivity index (χ3v) is 3.22. The van der Waals surface area contributed by atoms with Crippen LogP contribution in [0.25, 0.3) is 0 Å². The second-order valence-corrected chi connectivity index (χ2v) is 4.84. The van der Waals surface area contributed by atoms with Gasteiger partial charge in [-0.05, 0) is 18.1 Å². The lowest BCUT2D eigenvalue weighted by Crippen LogP contribution is -2.10. The maximum Gasteiger partial charge on any atom is 0.145 e. The molecule has 1 unspecified atom stereocenters. The predicted molar refractivity (Wildman–Crippen MR) is 77.4 cm³/mol. The Hall–Kier alpha value is -1.25. The number of halogens is 2. The van der Waals surface area contributed by atoms with Crippen molar-refractivity contribution in [3.63, 3.8) is 0 Å². The predicted octanol–water partition coefficient (Wildman–Crippen LogP) is 4.95. The summed E-state index contributed by atoms with van der Waals surface area (Å²) < 4.78 is 0. The Morgan fingerprint density at radius 1 is 1.22 bits per heavy atom. The molecule has 1 atom stereocenters. The van der Waals surface area contributed by atoms with Gasteiger partial charge < -0.3 is 5.32 Å². The van der Waals surface area contributed by atoms with Crippen molar-refractivity contribution in [2.45, 2.75) is 19.4 Å². The number of hydrogen-bond donors (Lipinski definition) is 1. The molecule has 0 spiro atoms. The summed E-state index contributed by atoms with van der Waals surface area (Å²) in [6.07, 6.45) is 2.54. The van der Waals surface area contributed by atoms with Gasteiger partial charge >= 0.3 is 0 Å². The monoisotopic (exact) mass is 280 g/mol. The first-order valence-electron chi connectivity index (χ1n) is 5.83. The van der Waals surface area contributed by atoms with Gasteiger partial charge in [-0.25, -0.2) is 4.98 Å². The van der Waals surface area contributed by atoms with E-state index in [1.807, 2.05) is 18.2 Å². The molecule has 2 rings (SSSR count). The minimum Gasteiger partial charge on any atom is -0.362 e. The van der Waals surface area contributed by atoms with Crippen LogP contribution in [0.5, 0.6) is 0 Å². The van der Waals surface area contributed by atoms with Gasteiger partial charge in [0.25, 0.3) is 0 Å². The van der Waals surface area contributed by atoms with Gasteiger partial charge in [0.15, 0.2) is 0 Å². The van der Waals surface area contributed by atoms with E-state index >= 15 is 0 Å². The molecule has 1 N–H and O–H groups in total. The summed E-state index contributed by atoms with van der Waals surface area (Å²) in [4.78, 5) is 4.22. The summed E-state index contributed by atoms with van der Waals surface area (Å²) in [5.41, 5.74) is 1.22. The molecule has 1 aromatic carbocycles. The molecule has 2 nitrogen and oxygen atoms in total. The Morgan fingerprint density at radius 2 is 1.94 bits per heavy atom. The first kappa shape index (κ1) is 13.2. The number of anilines is 1. The Kier molecular flexibility index (Phi) is 4.45. The van der Waals surface area contributed by atoms with Crippen molar-refractivity contribution in [3.8, 4) is 0 Å². The van der Waals surface area contributed by atoms with E-state index in [0.717, 1.165) is 6.42 Å². The maximum absolute atomic E-state index is 6.11. The first-order chi connectivity index (χ1) is 8.70. The number of benzene rings is 1. The van der Waals surface area contributed by atoms with Crippen molar-refractivity contribution < 1.29 is 0 Å². The van der Waals surface area contributed by atoms with Crippen molar-refractivity contribution in [1.82, 2.24) is 4.98 Å². The topological polar surface area (TPSA) is 24.9 Å². The molecule has 1 heterocycles. The highest BCUT2D eigenvalue weighted by Crippen LogP contribution is 2.27. The van der Waals surface area contributed by atoms with Gasteiger partial charge in [0.2, 0.25) is 0 Å². The van der Waals surface area contributed by atoms with Gasteiger partial charge in [0.05, 0.1) is 16.1 Å². The molecule has 94 valence electrons. The van der Waals surface area contributed by atoms with Crippen molar-refractivity contribution in [2.24, 2.45) is 0 Å². The van der Waals surface area contributed by atoms with Crippen LogP contribution in [-0.2, 0) is 0 Å². The van der Waals surface area contributed by atoms with Gasteiger partial charge in [0, 0.05) is 6.20 Å². The van der Waals surface area contributed by atoms with Gasteiger partial charge in [-0.15, -0.1) is 0 Å². The molecule has 0 fully saturated rings. The minimum atomic E-state index is 0.192. The van der Waals surface area contributed by atoms with E-state index in [4.69, 9.17) is 23.2 Å². The van der Waals surface area contributed by atoms with Crippen LogP contribution in [0.15, 0.2) is 42.6 Å². The number of nitrogens with zero attached hydrogens (tertiary/aromatic N) is 1. The second kappa shape index (κ2) is 6.07. The van der Waals surface area contributed by atoms with Gasteiger partial charge in [-0.1, -0.05) is 60.5 Å². The third-order valence-electron chi connectivity index (χ3n) is 2.73. The van der Waals surface area contributed by atoms with Crippen LogP contribution in [0.2, 0.25) is 10.0 Å². The van der Waals surface area contributed by atoms with E-state index < -0.39 is 0 Å². The van der Waals surface area contributed by atoms with Gasteiger partial charge in [-0.3, -0.25) is 0 Å². The van der Waals surface area contributed by atoms with Crippen LogP contribution in [0.3, 0.4) is 0 Å². The number of pyridine rings is 1. The van der Waals surface area contributed by atoms with E-state index in [0.29, 0.717) is 15.9 Å². The molecular weight excluding hydrogens is 267 g/mol. The molecule has 1 aromatic heterocycles. The summed E-state index contributed by atoms with van der Waals surface area (Å²) in [5, 5.41) is 4.42. The molecule has 0 bridgehead atoms. The van der Waals surface area contributed by atoms with Crippen LogP contribution in [0.1, 0.15) is 24.9 Å². The molecule has 0 aliphatic heterocycles. The van der Waals surface area contributed by atoms with Crippen LogP contribution >= 0.6 is 23.2 Å². The molecule has 0 saturated heterocycles. The molecule has 0 radical (unpaired) electrons. The second-order valence-electron chi connectivity index (χ2n) is 4.00. The van der Waals surface area contributed by atoms with E-state index in [1.54, 1.807) is 12.3 Å². The first-order valence-corrected chi connectivity index (χ1v) is 6.59.